The third kappa shape index (κ3) is 5.00. The number of rotatable bonds is 8. The highest BCUT2D eigenvalue weighted by molar-refractivity contribution is 5.94. The molecule has 162 valence electrons. The number of hydrogen-bond acceptors (Lipinski definition) is 5. The van der Waals surface area contributed by atoms with Crippen LogP contribution in [0.5, 0.6) is 0 Å². The Morgan fingerprint density at radius 1 is 1.30 bits per heavy atom. The number of fused-ring (bicyclic) bond motifs is 1. The number of para-hydroxylation sites is 1. The number of anilines is 1. The lowest BCUT2D eigenvalue weighted by atomic mass is 10.1. The van der Waals surface area contributed by atoms with Crippen molar-refractivity contribution in [3.63, 3.8) is 0 Å². The standard InChI is InChI=1S/C20H28N6O4/c21-20(22)23-9-3-7-14(19(29)30)25-17(27)16-8-4-10-26(16)18(28)15-11-12-5-1-2-6-13(12)24-15/h1-2,5-6,14-16,24H,3-4,7-11H2,(H,25,27)(H,29,30)(H4,21,22,23)/t14-,15-,16-/m0/s1. The van der Waals surface area contributed by atoms with Gasteiger partial charge in [0.2, 0.25) is 11.8 Å². The van der Waals surface area contributed by atoms with E-state index in [9.17, 15) is 19.5 Å². The van der Waals surface area contributed by atoms with E-state index in [2.05, 4.69) is 15.6 Å². The van der Waals surface area contributed by atoms with Crippen LogP contribution in [0, 0.1) is 0 Å². The number of amides is 2. The number of guanidine groups is 1. The summed E-state index contributed by atoms with van der Waals surface area (Å²) in [4.78, 5) is 42.8. The number of hydrogen-bond donors (Lipinski definition) is 5. The predicted octanol–water partition coefficient (Wildman–Crippen LogP) is -0.363. The van der Waals surface area contributed by atoms with Gasteiger partial charge >= 0.3 is 5.97 Å². The van der Waals surface area contributed by atoms with E-state index in [1.165, 1.54) is 0 Å². The molecule has 2 aliphatic heterocycles. The number of aliphatic imine (C=N–C) groups is 1. The van der Waals surface area contributed by atoms with Gasteiger partial charge in [-0.3, -0.25) is 14.6 Å². The molecule has 2 aliphatic rings. The van der Waals surface area contributed by atoms with Gasteiger partial charge in [0.25, 0.3) is 0 Å². The van der Waals surface area contributed by atoms with Crippen LogP contribution in [0.3, 0.4) is 0 Å². The Morgan fingerprint density at radius 2 is 2.07 bits per heavy atom. The summed E-state index contributed by atoms with van der Waals surface area (Å²) in [6, 6.07) is 5.61. The maximum Gasteiger partial charge on any atom is 0.326 e. The van der Waals surface area contributed by atoms with E-state index >= 15 is 0 Å². The van der Waals surface area contributed by atoms with Gasteiger partial charge in [-0.05, 0) is 37.3 Å². The number of aliphatic carboxylic acids is 1. The molecule has 10 nitrogen and oxygen atoms in total. The number of nitrogens with one attached hydrogen (secondary N) is 2. The first kappa shape index (κ1) is 21.4. The first-order valence-electron chi connectivity index (χ1n) is 10.1. The Bertz CT molecular complexity index is 813. The number of benzene rings is 1. The summed E-state index contributed by atoms with van der Waals surface area (Å²) in [6.07, 6.45) is 2.39. The maximum atomic E-state index is 13.1. The van der Waals surface area contributed by atoms with Crippen molar-refractivity contribution < 1.29 is 19.5 Å². The first-order chi connectivity index (χ1) is 14.4. The predicted molar refractivity (Wildman–Crippen MR) is 112 cm³/mol. The molecule has 0 aliphatic carbocycles. The zero-order valence-corrected chi connectivity index (χ0v) is 16.7. The van der Waals surface area contributed by atoms with Gasteiger partial charge in [-0.25, -0.2) is 4.79 Å². The molecule has 1 fully saturated rings. The quantitative estimate of drug-likeness (QED) is 0.219. The van der Waals surface area contributed by atoms with Gasteiger partial charge < -0.3 is 32.1 Å². The number of nitrogens with zero attached hydrogens (tertiary/aromatic N) is 2. The minimum atomic E-state index is -1.13. The zero-order chi connectivity index (χ0) is 21.7. The largest absolute Gasteiger partial charge is 0.480 e. The Kier molecular flexibility index (Phi) is 6.76. The number of carboxylic acids is 1. The molecule has 1 aromatic rings. The summed E-state index contributed by atoms with van der Waals surface area (Å²) in [7, 11) is 0. The summed E-state index contributed by atoms with van der Waals surface area (Å²) in [5, 5.41) is 15.2. The summed E-state index contributed by atoms with van der Waals surface area (Å²) in [5.74, 6) is -1.76. The number of likely N-dealkylation sites (tertiary alicyclic amines) is 1. The Balaban J connectivity index is 1.58. The molecule has 2 amide bonds. The van der Waals surface area contributed by atoms with E-state index in [1.54, 1.807) is 4.90 Å². The maximum absolute atomic E-state index is 13.1. The van der Waals surface area contributed by atoms with E-state index in [1.807, 2.05) is 24.3 Å². The van der Waals surface area contributed by atoms with Crippen molar-refractivity contribution in [3.8, 4) is 0 Å². The summed E-state index contributed by atoms with van der Waals surface area (Å²) in [5.41, 5.74) is 12.5. The normalized spacial score (nSPS) is 20.7. The molecule has 0 radical (unpaired) electrons. The van der Waals surface area contributed by atoms with Crippen molar-refractivity contribution in [1.29, 1.82) is 0 Å². The summed E-state index contributed by atoms with van der Waals surface area (Å²) >= 11 is 0. The average molecular weight is 416 g/mol. The van der Waals surface area contributed by atoms with Crippen molar-refractivity contribution in [3.05, 3.63) is 29.8 Å². The molecule has 30 heavy (non-hydrogen) atoms. The smallest absolute Gasteiger partial charge is 0.326 e. The third-order valence-corrected chi connectivity index (χ3v) is 5.47. The van der Waals surface area contributed by atoms with Crippen molar-refractivity contribution in [2.75, 3.05) is 18.4 Å². The van der Waals surface area contributed by atoms with Crippen LogP contribution >= 0.6 is 0 Å². The van der Waals surface area contributed by atoms with Crippen LogP contribution in [0.15, 0.2) is 29.3 Å². The highest BCUT2D eigenvalue weighted by atomic mass is 16.4. The van der Waals surface area contributed by atoms with Crippen LogP contribution in [0.25, 0.3) is 0 Å². The van der Waals surface area contributed by atoms with Crippen LogP contribution < -0.4 is 22.1 Å². The summed E-state index contributed by atoms with van der Waals surface area (Å²) in [6.45, 7) is 0.762. The van der Waals surface area contributed by atoms with Gasteiger partial charge in [0.1, 0.15) is 18.1 Å². The topological polar surface area (TPSA) is 163 Å². The molecule has 0 spiro atoms. The lowest BCUT2D eigenvalue weighted by molar-refractivity contribution is -0.144. The fraction of sp³-hybridized carbons (Fsp3) is 0.500. The molecule has 3 rings (SSSR count). The minimum absolute atomic E-state index is 0.0614. The van der Waals surface area contributed by atoms with E-state index in [4.69, 9.17) is 11.5 Å². The van der Waals surface area contributed by atoms with E-state index in [-0.39, 0.29) is 24.8 Å². The lowest BCUT2D eigenvalue weighted by Gasteiger charge is -2.28. The van der Waals surface area contributed by atoms with Crippen LogP contribution in [-0.2, 0) is 20.8 Å². The number of carbonyl (C=O) groups is 3. The lowest BCUT2D eigenvalue weighted by Crippen LogP contribution is -2.53. The second-order valence-corrected chi connectivity index (χ2v) is 7.60. The van der Waals surface area contributed by atoms with E-state index in [0.717, 1.165) is 11.3 Å². The molecule has 3 atom stereocenters. The fourth-order valence-electron chi connectivity index (χ4n) is 3.98. The number of carbonyl (C=O) groups excluding carboxylic acids is 2. The van der Waals surface area contributed by atoms with Crippen molar-refractivity contribution in [2.24, 2.45) is 16.5 Å². The minimum Gasteiger partial charge on any atom is -0.480 e. The number of nitrogens with two attached hydrogens (primary N) is 2. The Morgan fingerprint density at radius 3 is 2.77 bits per heavy atom. The molecule has 1 aromatic carbocycles. The Hall–Kier alpha value is -3.30. The molecular weight excluding hydrogens is 388 g/mol. The molecule has 0 bridgehead atoms. The second kappa shape index (κ2) is 9.47. The van der Waals surface area contributed by atoms with Gasteiger partial charge in [0, 0.05) is 25.2 Å². The average Bonchev–Trinajstić information content (AvgIpc) is 3.36. The van der Waals surface area contributed by atoms with E-state index in [0.29, 0.717) is 32.2 Å². The second-order valence-electron chi connectivity index (χ2n) is 7.60. The molecular formula is C20H28N6O4. The van der Waals surface area contributed by atoms with Crippen LogP contribution in [0.4, 0.5) is 5.69 Å². The highest BCUT2D eigenvalue weighted by Crippen LogP contribution is 2.28. The van der Waals surface area contributed by atoms with E-state index < -0.39 is 30.0 Å². The summed E-state index contributed by atoms with van der Waals surface area (Å²) < 4.78 is 0. The van der Waals surface area contributed by atoms with Crippen LogP contribution in [0.1, 0.15) is 31.2 Å². The number of carboxylic acid groups (broad SMARTS) is 1. The molecule has 10 heteroatoms. The van der Waals surface area contributed by atoms with Crippen molar-refractivity contribution >= 4 is 29.4 Å². The molecule has 0 saturated carbocycles. The highest BCUT2D eigenvalue weighted by Gasteiger charge is 2.39. The monoisotopic (exact) mass is 416 g/mol. The van der Waals surface area contributed by atoms with Crippen LogP contribution in [-0.4, -0.2) is 65.0 Å². The molecule has 7 N–H and O–H groups in total. The Labute approximate surface area is 174 Å². The SMILES string of the molecule is NC(N)=NCCC[C@H](NC(=O)[C@@H]1CCCN1C(=O)[C@@H]1Cc2ccccc2N1)C(=O)O. The van der Waals surface area contributed by atoms with Gasteiger partial charge in [0.05, 0.1) is 0 Å². The fourth-order valence-corrected chi connectivity index (χ4v) is 3.98. The van der Waals surface area contributed by atoms with Crippen LogP contribution in [0.2, 0.25) is 0 Å². The zero-order valence-electron chi connectivity index (χ0n) is 16.7. The van der Waals surface area contributed by atoms with Gasteiger partial charge in [-0.15, -0.1) is 0 Å². The molecule has 0 aromatic heterocycles. The van der Waals surface area contributed by atoms with Crippen molar-refractivity contribution in [2.45, 2.75) is 50.2 Å². The van der Waals surface area contributed by atoms with Gasteiger partial charge in [-0.1, -0.05) is 18.2 Å². The molecule has 1 saturated heterocycles. The van der Waals surface area contributed by atoms with Gasteiger partial charge in [-0.2, -0.15) is 0 Å². The molecule has 2 heterocycles. The van der Waals surface area contributed by atoms with Crippen molar-refractivity contribution in [1.82, 2.24) is 10.2 Å². The van der Waals surface area contributed by atoms with Gasteiger partial charge in [0.15, 0.2) is 5.96 Å². The molecule has 0 unspecified atom stereocenters. The third-order valence-electron chi connectivity index (χ3n) is 5.47. The first-order valence-corrected chi connectivity index (χ1v) is 10.1.